The highest BCUT2D eigenvalue weighted by molar-refractivity contribution is 5.94. The molecule has 1 aromatic carbocycles. The van der Waals surface area contributed by atoms with E-state index in [9.17, 15) is 9.18 Å². The maximum atomic E-state index is 13.7. The largest absolute Gasteiger partial charge is 0.352 e. The van der Waals surface area contributed by atoms with Gasteiger partial charge in [-0.15, -0.1) is 0 Å². The van der Waals surface area contributed by atoms with Crippen molar-refractivity contribution in [3.05, 3.63) is 35.1 Å². The van der Waals surface area contributed by atoms with Gasteiger partial charge in [0.2, 0.25) is 0 Å². The molecule has 0 atom stereocenters. The van der Waals surface area contributed by atoms with Gasteiger partial charge in [0.05, 0.1) is 12.1 Å². The van der Waals surface area contributed by atoms with Crippen LogP contribution in [0.15, 0.2) is 18.2 Å². The highest BCUT2D eigenvalue weighted by atomic mass is 19.1. The zero-order chi connectivity index (χ0) is 15.7. The van der Waals surface area contributed by atoms with Crippen LogP contribution in [0.25, 0.3) is 0 Å². The number of hydrogen-bond acceptors (Lipinski definition) is 3. The molecule has 1 amide bonds. The standard InChI is InChI=1S/C16H22FN3O/c1-20(2)11-4-3-10-19-16(21)14-12-13(6-5-9-18)7-8-15(14)17/h7-8,12H,3-4,9-11,18H2,1-2H3,(H,19,21). The lowest BCUT2D eigenvalue weighted by Gasteiger charge is -2.10. The van der Waals surface area contributed by atoms with Gasteiger partial charge in [0.25, 0.3) is 5.91 Å². The number of unbranched alkanes of at least 4 members (excludes halogenated alkanes) is 1. The molecule has 0 aliphatic rings. The Morgan fingerprint density at radius 3 is 2.81 bits per heavy atom. The summed E-state index contributed by atoms with van der Waals surface area (Å²) in [6, 6.07) is 4.24. The quantitative estimate of drug-likeness (QED) is 0.612. The molecule has 0 aliphatic carbocycles. The van der Waals surface area contributed by atoms with E-state index in [2.05, 4.69) is 22.1 Å². The molecule has 1 rings (SSSR count). The average molecular weight is 291 g/mol. The molecule has 3 N–H and O–H groups in total. The summed E-state index contributed by atoms with van der Waals surface area (Å²) >= 11 is 0. The molecule has 4 nitrogen and oxygen atoms in total. The van der Waals surface area contributed by atoms with Crippen LogP contribution in [0.4, 0.5) is 4.39 Å². The van der Waals surface area contributed by atoms with E-state index in [0.717, 1.165) is 19.4 Å². The number of benzene rings is 1. The van der Waals surface area contributed by atoms with Crippen LogP contribution in [0.2, 0.25) is 0 Å². The van der Waals surface area contributed by atoms with Crippen LogP contribution in [0, 0.1) is 17.7 Å². The number of nitrogens with one attached hydrogen (secondary N) is 1. The SMILES string of the molecule is CN(C)CCCCNC(=O)c1cc(C#CCN)ccc1F. The smallest absolute Gasteiger partial charge is 0.254 e. The van der Waals surface area contributed by atoms with Crippen LogP contribution >= 0.6 is 0 Å². The van der Waals surface area contributed by atoms with Crippen molar-refractivity contribution in [3.63, 3.8) is 0 Å². The van der Waals surface area contributed by atoms with Gasteiger partial charge in [-0.3, -0.25) is 4.79 Å². The summed E-state index contributed by atoms with van der Waals surface area (Å²) in [6.07, 6.45) is 1.84. The van der Waals surface area contributed by atoms with E-state index >= 15 is 0 Å². The fourth-order valence-electron chi connectivity index (χ4n) is 1.78. The molecule has 1 aromatic rings. The van der Waals surface area contributed by atoms with Crippen LogP contribution in [0.5, 0.6) is 0 Å². The fraction of sp³-hybridized carbons (Fsp3) is 0.438. The Hall–Kier alpha value is -1.90. The van der Waals surface area contributed by atoms with Crippen LogP contribution in [0.3, 0.4) is 0 Å². The second kappa shape index (κ2) is 9.11. The summed E-state index contributed by atoms with van der Waals surface area (Å²) in [6.45, 7) is 1.73. The van der Waals surface area contributed by atoms with Crippen molar-refractivity contribution in [2.75, 3.05) is 33.7 Å². The molecular weight excluding hydrogens is 269 g/mol. The third kappa shape index (κ3) is 6.39. The van der Waals surface area contributed by atoms with E-state index in [1.165, 1.54) is 18.2 Å². The van der Waals surface area contributed by atoms with Gasteiger partial charge >= 0.3 is 0 Å². The van der Waals surface area contributed by atoms with Crippen LogP contribution < -0.4 is 11.1 Å². The molecular formula is C16H22FN3O. The maximum absolute atomic E-state index is 13.7. The Kier molecular flexibility index (Phi) is 7.44. The van der Waals surface area contributed by atoms with Crippen molar-refractivity contribution >= 4 is 5.91 Å². The molecule has 0 spiro atoms. The molecule has 0 aromatic heterocycles. The number of carbonyl (C=O) groups is 1. The number of amides is 1. The summed E-state index contributed by atoms with van der Waals surface area (Å²) in [4.78, 5) is 14.0. The molecule has 0 heterocycles. The first-order valence-electron chi connectivity index (χ1n) is 6.96. The van der Waals surface area contributed by atoms with Gasteiger partial charge in [-0.05, 0) is 51.7 Å². The van der Waals surface area contributed by atoms with E-state index in [0.29, 0.717) is 12.1 Å². The van der Waals surface area contributed by atoms with Gasteiger partial charge in [0.1, 0.15) is 5.82 Å². The Morgan fingerprint density at radius 1 is 1.38 bits per heavy atom. The van der Waals surface area contributed by atoms with Gasteiger partial charge in [-0.1, -0.05) is 11.8 Å². The monoisotopic (exact) mass is 291 g/mol. The molecule has 0 fully saturated rings. The van der Waals surface area contributed by atoms with E-state index < -0.39 is 11.7 Å². The first kappa shape index (κ1) is 17.2. The molecule has 0 saturated heterocycles. The minimum Gasteiger partial charge on any atom is -0.352 e. The lowest BCUT2D eigenvalue weighted by molar-refractivity contribution is 0.0948. The summed E-state index contributed by atoms with van der Waals surface area (Å²) in [5.41, 5.74) is 5.89. The molecule has 0 bridgehead atoms. The van der Waals surface area contributed by atoms with Gasteiger partial charge < -0.3 is 16.0 Å². The minimum atomic E-state index is -0.543. The zero-order valence-electron chi connectivity index (χ0n) is 12.6. The minimum absolute atomic E-state index is 0.0198. The summed E-state index contributed by atoms with van der Waals surface area (Å²) in [5.74, 6) is 4.52. The Labute approximate surface area is 125 Å². The zero-order valence-corrected chi connectivity index (χ0v) is 12.6. The van der Waals surface area contributed by atoms with Gasteiger partial charge in [-0.25, -0.2) is 4.39 Å². The molecule has 21 heavy (non-hydrogen) atoms. The van der Waals surface area contributed by atoms with E-state index in [4.69, 9.17) is 5.73 Å². The Morgan fingerprint density at radius 2 is 2.14 bits per heavy atom. The third-order valence-electron chi connectivity index (χ3n) is 2.86. The first-order chi connectivity index (χ1) is 10.0. The summed E-state index contributed by atoms with van der Waals surface area (Å²) < 4.78 is 13.7. The number of carbonyl (C=O) groups excluding carboxylic acids is 1. The molecule has 0 saturated carbocycles. The summed E-state index contributed by atoms with van der Waals surface area (Å²) in [7, 11) is 4.00. The normalized spacial score (nSPS) is 10.1. The predicted molar refractivity (Wildman–Crippen MR) is 82.5 cm³/mol. The van der Waals surface area contributed by atoms with Gasteiger partial charge in [-0.2, -0.15) is 0 Å². The van der Waals surface area contributed by atoms with Gasteiger partial charge in [0.15, 0.2) is 0 Å². The third-order valence-corrected chi connectivity index (χ3v) is 2.86. The number of hydrogen-bond donors (Lipinski definition) is 2. The van der Waals surface area contributed by atoms with E-state index in [1.807, 2.05) is 14.1 Å². The predicted octanol–water partition coefficient (Wildman–Crippen LogP) is 1.21. The number of rotatable bonds is 6. The molecule has 0 aliphatic heterocycles. The second-order valence-corrected chi connectivity index (χ2v) is 4.97. The van der Waals surface area contributed by atoms with Gasteiger partial charge in [0, 0.05) is 12.1 Å². The first-order valence-corrected chi connectivity index (χ1v) is 6.96. The topological polar surface area (TPSA) is 58.4 Å². The number of nitrogens with zero attached hydrogens (tertiary/aromatic N) is 1. The van der Waals surface area contributed by atoms with Crippen molar-refractivity contribution in [3.8, 4) is 11.8 Å². The van der Waals surface area contributed by atoms with Crippen molar-refractivity contribution in [2.45, 2.75) is 12.8 Å². The van der Waals surface area contributed by atoms with Crippen molar-refractivity contribution in [2.24, 2.45) is 5.73 Å². The molecule has 0 unspecified atom stereocenters. The average Bonchev–Trinajstić information content (AvgIpc) is 2.45. The lowest BCUT2D eigenvalue weighted by Crippen LogP contribution is -2.26. The summed E-state index contributed by atoms with van der Waals surface area (Å²) in [5, 5.41) is 2.73. The molecule has 5 heteroatoms. The Balaban J connectivity index is 2.57. The number of halogens is 1. The van der Waals surface area contributed by atoms with Crippen LogP contribution in [0.1, 0.15) is 28.8 Å². The highest BCUT2D eigenvalue weighted by Crippen LogP contribution is 2.10. The van der Waals surface area contributed by atoms with E-state index in [1.54, 1.807) is 0 Å². The highest BCUT2D eigenvalue weighted by Gasteiger charge is 2.11. The fourth-order valence-corrected chi connectivity index (χ4v) is 1.78. The van der Waals surface area contributed by atoms with E-state index in [-0.39, 0.29) is 12.1 Å². The maximum Gasteiger partial charge on any atom is 0.254 e. The van der Waals surface area contributed by atoms with Crippen LogP contribution in [-0.2, 0) is 0 Å². The molecule has 0 radical (unpaired) electrons. The van der Waals surface area contributed by atoms with Crippen molar-refractivity contribution < 1.29 is 9.18 Å². The number of nitrogens with two attached hydrogens (primary N) is 1. The second-order valence-electron chi connectivity index (χ2n) is 4.97. The lowest BCUT2D eigenvalue weighted by atomic mass is 10.1. The Bertz CT molecular complexity index is 532. The van der Waals surface area contributed by atoms with Crippen molar-refractivity contribution in [1.29, 1.82) is 0 Å². The molecule has 114 valence electrons. The van der Waals surface area contributed by atoms with Crippen LogP contribution in [-0.4, -0.2) is 44.5 Å². The van der Waals surface area contributed by atoms with Crippen molar-refractivity contribution in [1.82, 2.24) is 10.2 Å².